The number of rotatable bonds is 8. The number of carbonyl (C=O) groups is 1. The molecule has 5 atom stereocenters. The van der Waals surface area contributed by atoms with Crippen LogP contribution in [-0.2, 0) is 28.8 Å². The van der Waals surface area contributed by atoms with Gasteiger partial charge in [0.2, 0.25) is 12.2 Å². The maximum Gasteiger partial charge on any atom is 0.229 e. The van der Waals surface area contributed by atoms with Crippen molar-refractivity contribution in [3.63, 3.8) is 0 Å². The summed E-state index contributed by atoms with van der Waals surface area (Å²) < 4.78 is 11.3. The Hall–Kier alpha value is -2.49. The van der Waals surface area contributed by atoms with E-state index in [1.165, 1.54) is 5.56 Å². The fourth-order valence-electron chi connectivity index (χ4n) is 3.57. The van der Waals surface area contributed by atoms with Crippen LogP contribution >= 0.6 is 0 Å². The van der Waals surface area contributed by atoms with Crippen molar-refractivity contribution in [1.82, 2.24) is 0 Å². The Kier molecular flexibility index (Phi) is 7.64. The van der Waals surface area contributed by atoms with E-state index in [1.54, 1.807) is 12.1 Å². The average Bonchev–Trinajstić information content (AvgIpc) is 2.76. The molecule has 0 spiro atoms. The zero-order valence-corrected chi connectivity index (χ0v) is 17.3. The quantitative estimate of drug-likeness (QED) is 0.397. The van der Waals surface area contributed by atoms with Gasteiger partial charge in [0.15, 0.2) is 0 Å². The Labute approximate surface area is 180 Å². The second-order valence-corrected chi connectivity index (χ2v) is 7.75. The number of hydrogen-bond acceptors (Lipinski definition) is 7. The molecule has 0 radical (unpaired) electrons. The van der Waals surface area contributed by atoms with Gasteiger partial charge in [0.1, 0.15) is 30.2 Å². The molecule has 0 saturated carbocycles. The van der Waals surface area contributed by atoms with E-state index in [0.717, 1.165) is 17.5 Å². The minimum atomic E-state index is -1.55. The number of aliphatic hydroxyl groups excluding tert-OH is 4. The highest BCUT2D eigenvalue weighted by Gasteiger charge is 2.44. The highest BCUT2D eigenvalue weighted by atomic mass is 16.7. The molecule has 1 saturated heterocycles. The summed E-state index contributed by atoms with van der Waals surface area (Å²) in [5.74, 6) is -0.149. The summed E-state index contributed by atoms with van der Waals surface area (Å²) in [7, 11) is 0. The molecule has 1 aliphatic heterocycles. The molecule has 1 amide bonds. The van der Waals surface area contributed by atoms with E-state index in [-0.39, 0.29) is 6.42 Å². The molecule has 1 heterocycles. The van der Waals surface area contributed by atoms with Gasteiger partial charge in [-0.3, -0.25) is 4.79 Å². The molecule has 0 unspecified atom stereocenters. The fraction of sp³-hybridized carbons (Fsp3) is 0.435. The number of primary amides is 1. The third kappa shape index (κ3) is 5.61. The minimum Gasteiger partial charge on any atom is -0.462 e. The number of hydrogen-bond donors (Lipinski definition) is 5. The molecule has 1 fully saturated rings. The molecule has 6 N–H and O–H groups in total. The van der Waals surface area contributed by atoms with Crippen molar-refractivity contribution in [2.75, 3.05) is 6.61 Å². The lowest BCUT2D eigenvalue weighted by Crippen LogP contribution is -2.60. The Morgan fingerprint density at radius 1 is 1.00 bits per heavy atom. The van der Waals surface area contributed by atoms with Gasteiger partial charge in [-0.15, -0.1) is 0 Å². The average molecular weight is 431 g/mol. The lowest BCUT2D eigenvalue weighted by Gasteiger charge is -2.39. The molecule has 0 aliphatic carbocycles. The highest BCUT2D eigenvalue weighted by Crippen LogP contribution is 2.29. The van der Waals surface area contributed by atoms with Crippen molar-refractivity contribution >= 4 is 5.91 Å². The van der Waals surface area contributed by atoms with E-state index in [2.05, 4.69) is 19.1 Å². The summed E-state index contributed by atoms with van der Waals surface area (Å²) >= 11 is 0. The van der Waals surface area contributed by atoms with Crippen molar-refractivity contribution in [3.8, 4) is 5.75 Å². The number of aryl methyl sites for hydroxylation is 1. The molecule has 0 bridgehead atoms. The van der Waals surface area contributed by atoms with Crippen molar-refractivity contribution in [1.29, 1.82) is 0 Å². The van der Waals surface area contributed by atoms with Gasteiger partial charge in [-0.2, -0.15) is 0 Å². The highest BCUT2D eigenvalue weighted by molar-refractivity contribution is 5.76. The Bertz CT molecular complexity index is 884. The number of ether oxygens (including phenoxy) is 2. The SMILES string of the molecule is CCc1ccc(Cc2ccc(CC(N)=O)cc2O[C@H]2O[C@H](CO)[C@@H](O)[C@H](O)[C@H]2O)cc1. The smallest absolute Gasteiger partial charge is 0.229 e. The Balaban J connectivity index is 1.88. The van der Waals surface area contributed by atoms with Gasteiger partial charge < -0.3 is 35.6 Å². The monoisotopic (exact) mass is 431 g/mol. The molecule has 2 aromatic rings. The van der Waals surface area contributed by atoms with Crippen LogP contribution < -0.4 is 10.5 Å². The summed E-state index contributed by atoms with van der Waals surface area (Å²) in [4.78, 5) is 11.3. The second kappa shape index (κ2) is 10.2. The van der Waals surface area contributed by atoms with Crippen LogP contribution in [0.2, 0.25) is 0 Å². The third-order valence-corrected chi connectivity index (χ3v) is 5.43. The standard InChI is InChI=1S/C23H29NO7/c1-2-13-3-5-14(6-4-13)9-16-8-7-15(11-19(24)26)10-17(16)30-23-22(29)21(28)20(27)18(12-25)31-23/h3-8,10,18,20-23,25,27-29H,2,9,11-12H2,1H3,(H2,24,26)/t18-,20-,21+,22-,23+/m1/s1. The number of nitrogens with two attached hydrogens (primary N) is 1. The van der Waals surface area contributed by atoms with Gasteiger partial charge >= 0.3 is 0 Å². The van der Waals surface area contributed by atoms with E-state index < -0.39 is 43.2 Å². The molecule has 0 aromatic heterocycles. The minimum absolute atomic E-state index is 0.0104. The number of benzene rings is 2. The van der Waals surface area contributed by atoms with Crippen LogP contribution in [0.4, 0.5) is 0 Å². The van der Waals surface area contributed by atoms with Crippen molar-refractivity contribution in [2.45, 2.75) is 56.9 Å². The number of carbonyl (C=O) groups excluding carboxylic acids is 1. The zero-order valence-electron chi connectivity index (χ0n) is 17.3. The first-order valence-corrected chi connectivity index (χ1v) is 10.3. The zero-order chi connectivity index (χ0) is 22.5. The Morgan fingerprint density at radius 2 is 1.65 bits per heavy atom. The summed E-state index contributed by atoms with van der Waals surface area (Å²) in [5.41, 5.74) is 8.96. The van der Waals surface area contributed by atoms with Gasteiger partial charge in [0, 0.05) is 6.42 Å². The first kappa shape index (κ1) is 23.2. The first-order valence-electron chi connectivity index (χ1n) is 10.3. The van der Waals surface area contributed by atoms with Crippen LogP contribution in [0.15, 0.2) is 42.5 Å². The number of aliphatic hydroxyl groups is 4. The van der Waals surface area contributed by atoms with Gasteiger partial charge in [0.25, 0.3) is 0 Å². The fourth-order valence-corrected chi connectivity index (χ4v) is 3.57. The van der Waals surface area contributed by atoms with E-state index in [9.17, 15) is 25.2 Å². The maximum absolute atomic E-state index is 11.3. The first-order chi connectivity index (χ1) is 14.8. The summed E-state index contributed by atoms with van der Waals surface area (Å²) in [6.45, 7) is 1.53. The molecule has 31 heavy (non-hydrogen) atoms. The summed E-state index contributed by atoms with van der Waals surface area (Å²) in [6.07, 6.45) is -5.48. The molecular weight excluding hydrogens is 402 g/mol. The van der Waals surface area contributed by atoms with Gasteiger partial charge in [-0.25, -0.2) is 0 Å². The third-order valence-electron chi connectivity index (χ3n) is 5.43. The molecule has 8 heteroatoms. The van der Waals surface area contributed by atoms with Crippen LogP contribution in [0.25, 0.3) is 0 Å². The Morgan fingerprint density at radius 3 is 2.26 bits per heavy atom. The van der Waals surface area contributed by atoms with E-state index >= 15 is 0 Å². The largest absolute Gasteiger partial charge is 0.462 e. The van der Waals surface area contributed by atoms with E-state index in [0.29, 0.717) is 17.7 Å². The molecule has 8 nitrogen and oxygen atoms in total. The normalized spacial score (nSPS) is 25.9. The lowest BCUT2D eigenvalue weighted by molar-refractivity contribution is -0.277. The topological polar surface area (TPSA) is 142 Å². The summed E-state index contributed by atoms with van der Waals surface area (Å²) in [6, 6.07) is 13.4. The van der Waals surface area contributed by atoms with E-state index in [1.807, 2.05) is 18.2 Å². The van der Waals surface area contributed by atoms with E-state index in [4.69, 9.17) is 15.2 Å². The molecule has 1 aliphatic rings. The van der Waals surface area contributed by atoms with Gasteiger partial charge in [-0.05, 0) is 34.7 Å². The molecule has 3 rings (SSSR count). The van der Waals surface area contributed by atoms with Crippen molar-refractivity contribution < 1.29 is 34.7 Å². The van der Waals surface area contributed by atoms with Crippen LogP contribution in [-0.4, -0.2) is 63.6 Å². The van der Waals surface area contributed by atoms with Crippen LogP contribution in [0.3, 0.4) is 0 Å². The summed E-state index contributed by atoms with van der Waals surface area (Å²) in [5, 5.41) is 39.7. The van der Waals surface area contributed by atoms with Crippen LogP contribution in [0, 0.1) is 0 Å². The molecule has 168 valence electrons. The maximum atomic E-state index is 11.3. The number of amides is 1. The van der Waals surface area contributed by atoms with Gasteiger partial charge in [-0.1, -0.05) is 43.3 Å². The molecule has 2 aromatic carbocycles. The van der Waals surface area contributed by atoms with Gasteiger partial charge in [0.05, 0.1) is 13.0 Å². The predicted octanol–water partition coefficient (Wildman–Crippen LogP) is 0.0463. The van der Waals surface area contributed by atoms with Crippen LogP contribution in [0.5, 0.6) is 5.75 Å². The van der Waals surface area contributed by atoms with Crippen LogP contribution in [0.1, 0.15) is 29.2 Å². The van der Waals surface area contributed by atoms with Crippen molar-refractivity contribution in [2.24, 2.45) is 5.73 Å². The predicted molar refractivity (Wildman–Crippen MR) is 112 cm³/mol. The van der Waals surface area contributed by atoms with Crippen molar-refractivity contribution in [3.05, 3.63) is 64.7 Å². The lowest BCUT2D eigenvalue weighted by atomic mass is 9.98. The molecular formula is C23H29NO7. The second-order valence-electron chi connectivity index (χ2n) is 7.75.